The lowest BCUT2D eigenvalue weighted by Gasteiger charge is -2.34. The molecule has 4 heterocycles. The summed E-state index contributed by atoms with van der Waals surface area (Å²) in [7, 11) is 5.20. The number of rotatable bonds is 12. The van der Waals surface area contributed by atoms with Crippen molar-refractivity contribution in [1.82, 2.24) is 24.9 Å². The summed E-state index contributed by atoms with van der Waals surface area (Å²) in [5.74, 6) is -1.50. The minimum absolute atomic E-state index is 0.0133. The van der Waals surface area contributed by atoms with E-state index in [9.17, 15) is 22.8 Å². The van der Waals surface area contributed by atoms with E-state index < -0.39 is 23.7 Å². The van der Waals surface area contributed by atoms with Crippen molar-refractivity contribution >= 4 is 40.4 Å². The van der Waals surface area contributed by atoms with Crippen LogP contribution in [0.5, 0.6) is 0 Å². The van der Waals surface area contributed by atoms with E-state index in [1.54, 1.807) is 32.4 Å². The molecule has 3 N–H and O–H groups in total. The van der Waals surface area contributed by atoms with Gasteiger partial charge in [0.1, 0.15) is 23.4 Å². The summed E-state index contributed by atoms with van der Waals surface area (Å²) < 4.78 is 47.4. The van der Waals surface area contributed by atoms with Crippen molar-refractivity contribution in [3.8, 4) is 11.3 Å². The fraction of sp³-hybridized carbons (Fsp3) is 0.455. The highest BCUT2D eigenvalue weighted by Gasteiger charge is 2.37. The molecule has 0 spiro atoms. The Labute approximate surface area is 274 Å². The summed E-state index contributed by atoms with van der Waals surface area (Å²) in [5.41, 5.74) is 1.90. The van der Waals surface area contributed by atoms with Crippen molar-refractivity contribution in [2.24, 2.45) is 5.41 Å². The smallest absolute Gasteiger partial charge is 0.433 e. The number of aromatic nitrogens is 5. The number of H-pyrrole nitrogens is 1. The van der Waals surface area contributed by atoms with Gasteiger partial charge in [-0.2, -0.15) is 18.2 Å². The summed E-state index contributed by atoms with van der Waals surface area (Å²) in [6, 6.07) is 7.50. The number of methoxy groups -OCH3 is 1. The Kier molecular flexibility index (Phi) is 8.98. The molecule has 0 atom stereocenters. The SMILES string of the molecule is COCC1(CN(C)c2cc(-c3cc(C4CC4)nc(C(F)(F)F)c3)nc3nc(NC(=O)c4ccc(N(C)CC(=O)O)cn4)[nH]c23)CCCC1. The highest BCUT2D eigenvalue weighted by atomic mass is 19.4. The van der Waals surface area contributed by atoms with Crippen molar-refractivity contribution < 1.29 is 32.6 Å². The van der Waals surface area contributed by atoms with Crippen LogP contribution in [0.2, 0.25) is 0 Å². The molecule has 6 rings (SSSR count). The molecule has 0 unspecified atom stereocenters. The van der Waals surface area contributed by atoms with Gasteiger partial charge in [-0.15, -0.1) is 0 Å². The summed E-state index contributed by atoms with van der Waals surface area (Å²) in [6.07, 6.45) is 2.48. The molecule has 1 amide bonds. The number of carbonyl (C=O) groups excluding carboxylic acids is 1. The van der Waals surface area contributed by atoms with Crippen LogP contribution in [0.1, 0.15) is 66.3 Å². The molecule has 0 radical (unpaired) electrons. The molecule has 12 nitrogen and oxygen atoms in total. The number of aliphatic carboxylic acids is 1. The molecular weight excluding hydrogens is 629 g/mol. The van der Waals surface area contributed by atoms with E-state index in [4.69, 9.17) is 9.84 Å². The van der Waals surface area contributed by atoms with Crippen LogP contribution in [0.15, 0.2) is 36.5 Å². The number of amides is 1. The number of anilines is 3. The van der Waals surface area contributed by atoms with Crippen LogP contribution in [0, 0.1) is 5.41 Å². The number of halogens is 3. The largest absolute Gasteiger partial charge is 0.480 e. The second-order valence-corrected chi connectivity index (χ2v) is 12.9. The first kappa shape index (κ1) is 33.1. The number of hydrogen-bond acceptors (Lipinski definition) is 9. The zero-order valence-corrected chi connectivity index (χ0v) is 26.9. The molecule has 0 aromatic carbocycles. The van der Waals surface area contributed by atoms with Gasteiger partial charge >= 0.3 is 12.1 Å². The van der Waals surface area contributed by atoms with E-state index in [1.165, 1.54) is 17.2 Å². The Morgan fingerprint density at radius 2 is 1.83 bits per heavy atom. The van der Waals surface area contributed by atoms with Crippen LogP contribution in [0.25, 0.3) is 22.4 Å². The third-order valence-corrected chi connectivity index (χ3v) is 8.99. The number of aromatic amines is 1. The van der Waals surface area contributed by atoms with Gasteiger partial charge in [-0.25, -0.2) is 15.0 Å². The molecule has 2 aliphatic carbocycles. The molecule has 48 heavy (non-hydrogen) atoms. The van der Waals surface area contributed by atoms with Gasteiger partial charge in [-0.05, 0) is 56.0 Å². The third-order valence-electron chi connectivity index (χ3n) is 8.99. The van der Waals surface area contributed by atoms with E-state index >= 15 is 0 Å². The lowest BCUT2D eigenvalue weighted by molar-refractivity contribution is -0.141. The summed E-state index contributed by atoms with van der Waals surface area (Å²) in [5, 5.41) is 11.7. The van der Waals surface area contributed by atoms with E-state index in [0.29, 0.717) is 41.4 Å². The molecule has 4 aromatic rings. The fourth-order valence-corrected chi connectivity index (χ4v) is 6.49. The first-order chi connectivity index (χ1) is 22.8. The van der Waals surface area contributed by atoms with E-state index in [-0.39, 0.29) is 40.7 Å². The second-order valence-electron chi connectivity index (χ2n) is 12.9. The molecule has 0 saturated heterocycles. The van der Waals surface area contributed by atoms with Crippen molar-refractivity contribution in [2.75, 3.05) is 56.0 Å². The topological polar surface area (TPSA) is 149 Å². The molecule has 2 fully saturated rings. The second kappa shape index (κ2) is 13.0. The quantitative estimate of drug-likeness (QED) is 0.171. The van der Waals surface area contributed by atoms with Crippen LogP contribution < -0.4 is 15.1 Å². The maximum Gasteiger partial charge on any atom is 0.433 e. The first-order valence-corrected chi connectivity index (χ1v) is 15.7. The monoisotopic (exact) mass is 666 g/mol. The van der Waals surface area contributed by atoms with E-state index in [2.05, 4.69) is 30.2 Å². The number of carbonyl (C=O) groups is 2. The van der Waals surface area contributed by atoms with Gasteiger partial charge in [-0.1, -0.05) is 12.8 Å². The third kappa shape index (κ3) is 7.20. The average Bonchev–Trinajstić information content (AvgIpc) is 3.67. The normalized spacial score (nSPS) is 15.9. The number of imidazole rings is 1. The Morgan fingerprint density at radius 1 is 1.08 bits per heavy atom. The lowest BCUT2D eigenvalue weighted by atomic mass is 9.86. The highest BCUT2D eigenvalue weighted by Crippen LogP contribution is 2.43. The number of likely N-dealkylation sites (N-methyl/N-ethyl adjacent to an activating group) is 1. The van der Waals surface area contributed by atoms with Gasteiger partial charge in [0.25, 0.3) is 5.91 Å². The van der Waals surface area contributed by atoms with Crippen molar-refractivity contribution in [1.29, 1.82) is 0 Å². The zero-order valence-electron chi connectivity index (χ0n) is 26.9. The van der Waals surface area contributed by atoms with E-state index in [0.717, 1.165) is 44.6 Å². The summed E-state index contributed by atoms with van der Waals surface area (Å²) in [4.78, 5) is 48.1. The van der Waals surface area contributed by atoms with E-state index in [1.807, 2.05) is 11.9 Å². The molecule has 254 valence electrons. The molecule has 4 aromatic heterocycles. The predicted octanol–water partition coefficient (Wildman–Crippen LogP) is 5.73. The molecule has 2 aliphatic rings. The highest BCUT2D eigenvalue weighted by molar-refractivity contribution is 6.03. The van der Waals surface area contributed by atoms with Gasteiger partial charge in [0.2, 0.25) is 5.95 Å². The van der Waals surface area contributed by atoms with Crippen LogP contribution in [0.3, 0.4) is 0 Å². The predicted molar refractivity (Wildman–Crippen MR) is 173 cm³/mol. The number of nitrogens with zero attached hydrogens (tertiary/aromatic N) is 6. The summed E-state index contributed by atoms with van der Waals surface area (Å²) >= 11 is 0. The fourth-order valence-electron chi connectivity index (χ4n) is 6.49. The van der Waals surface area contributed by atoms with Gasteiger partial charge in [0.05, 0.1) is 29.9 Å². The van der Waals surface area contributed by atoms with Crippen LogP contribution in [-0.2, 0) is 15.7 Å². The number of pyridine rings is 3. The zero-order chi connectivity index (χ0) is 34.2. The number of carboxylic acid groups (broad SMARTS) is 1. The van der Waals surface area contributed by atoms with Crippen LogP contribution in [-0.4, -0.2) is 82.8 Å². The molecule has 0 aliphatic heterocycles. The first-order valence-electron chi connectivity index (χ1n) is 15.7. The lowest BCUT2D eigenvalue weighted by Crippen LogP contribution is -2.37. The summed E-state index contributed by atoms with van der Waals surface area (Å²) in [6.45, 7) is 0.971. The van der Waals surface area contributed by atoms with Crippen LogP contribution >= 0.6 is 0 Å². The molecule has 15 heteroatoms. The number of ether oxygens (including phenoxy) is 1. The number of nitrogens with one attached hydrogen (secondary N) is 2. The van der Waals surface area contributed by atoms with Gasteiger partial charge in [0.15, 0.2) is 5.65 Å². The maximum absolute atomic E-state index is 13.9. The van der Waals surface area contributed by atoms with Crippen molar-refractivity contribution in [3.63, 3.8) is 0 Å². The van der Waals surface area contributed by atoms with Crippen molar-refractivity contribution in [2.45, 2.75) is 50.6 Å². The number of fused-ring (bicyclic) bond motifs is 1. The molecule has 0 bridgehead atoms. The van der Waals surface area contributed by atoms with Gasteiger partial charge < -0.3 is 24.6 Å². The van der Waals surface area contributed by atoms with Gasteiger partial charge in [-0.3, -0.25) is 14.9 Å². The number of hydrogen-bond donors (Lipinski definition) is 3. The number of carboxylic acids is 1. The maximum atomic E-state index is 13.9. The molecular formula is C33H37F3N8O4. The Morgan fingerprint density at radius 3 is 2.46 bits per heavy atom. The average molecular weight is 667 g/mol. The molecule has 2 saturated carbocycles. The Bertz CT molecular complexity index is 1820. The Hall–Kier alpha value is -4.79. The van der Waals surface area contributed by atoms with Crippen LogP contribution in [0.4, 0.5) is 30.5 Å². The number of alkyl halides is 3. The van der Waals surface area contributed by atoms with Gasteiger partial charge in [0, 0.05) is 50.3 Å². The minimum atomic E-state index is -4.62. The Balaban J connectivity index is 1.37. The van der Waals surface area contributed by atoms with Crippen molar-refractivity contribution in [3.05, 3.63) is 53.6 Å². The minimum Gasteiger partial charge on any atom is -0.480 e. The standard InChI is InChI=1S/C33H37F3N8O4/c1-43(16-27(45)46)21-8-9-22(37-15-21)30(47)42-31-40-28-25(44(2)17-32(18-48-3)10-4-5-11-32)14-24(39-29(28)41-31)20-12-23(19-6-7-19)38-26(13-20)33(34,35)36/h8-9,12-15,19H,4-7,10-11,16-18H2,1-3H3,(H,45,46)(H2,39,40,41,42,47).